The molecule has 2 heterocycles. The molecule has 0 amide bonds. The Morgan fingerprint density at radius 1 is 1.56 bits per heavy atom. The van der Waals surface area contributed by atoms with Crippen molar-refractivity contribution < 1.29 is 9.84 Å². The second-order valence-corrected chi connectivity index (χ2v) is 4.24. The van der Waals surface area contributed by atoms with Crippen LogP contribution in [0, 0.1) is 5.92 Å². The van der Waals surface area contributed by atoms with Crippen LogP contribution in [-0.2, 0) is 6.54 Å². The molecule has 1 unspecified atom stereocenters. The number of hydrogen-bond donors (Lipinski definition) is 1. The van der Waals surface area contributed by atoms with Gasteiger partial charge in [0.15, 0.2) is 0 Å². The summed E-state index contributed by atoms with van der Waals surface area (Å²) in [4.78, 5) is 6.70. The molecule has 4 heteroatoms. The lowest BCUT2D eigenvalue weighted by Crippen LogP contribution is -2.21. The molecule has 2 rings (SSSR count). The van der Waals surface area contributed by atoms with Crippen LogP contribution in [0.4, 0.5) is 0 Å². The van der Waals surface area contributed by atoms with Crippen LogP contribution in [0.15, 0.2) is 18.2 Å². The number of likely N-dealkylation sites (tertiary alicyclic amines) is 1. The van der Waals surface area contributed by atoms with E-state index in [1.807, 2.05) is 18.2 Å². The minimum atomic E-state index is 0.294. The van der Waals surface area contributed by atoms with Crippen LogP contribution in [-0.4, -0.2) is 41.8 Å². The molecule has 1 fully saturated rings. The number of ether oxygens (including phenoxy) is 1. The minimum absolute atomic E-state index is 0.294. The first-order valence-electron chi connectivity index (χ1n) is 5.65. The fourth-order valence-electron chi connectivity index (χ4n) is 2.09. The fourth-order valence-corrected chi connectivity index (χ4v) is 2.09. The molecule has 1 saturated heterocycles. The van der Waals surface area contributed by atoms with Crippen LogP contribution < -0.4 is 4.74 Å². The maximum atomic E-state index is 9.07. The van der Waals surface area contributed by atoms with Gasteiger partial charge in [-0.05, 0) is 24.9 Å². The second-order valence-electron chi connectivity index (χ2n) is 4.24. The number of methoxy groups -OCH3 is 1. The van der Waals surface area contributed by atoms with Crippen LogP contribution in [0.2, 0.25) is 0 Å². The van der Waals surface area contributed by atoms with Gasteiger partial charge in [0.2, 0.25) is 5.88 Å². The lowest BCUT2D eigenvalue weighted by molar-refractivity contribution is 0.219. The van der Waals surface area contributed by atoms with Crippen molar-refractivity contribution in [1.29, 1.82) is 0 Å². The third-order valence-electron chi connectivity index (χ3n) is 3.00. The van der Waals surface area contributed by atoms with E-state index >= 15 is 0 Å². The first-order chi connectivity index (χ1) is 7.81. The van der Waals surface area contributed by atoms with Crippen molar-refractivity contribution in [3.8, 4) is 5.88 Å². The number of hydrogen-bond acceptors (Lipinski definition) is 4. The number of aliphatic hydroxyl groups is 1. The smallest absolute Gasteiger partial charge is 0.213 e. The summed E-state index contributed by atoms with van der Waals surface area (Å²) in [5.74, 6) is 1.10. The molecule has 1 aromatic rings. The Bertz CT molecular complexity index is 344. The van der Waals surface area contributed by atoms with Gasteiger partial charge in [-0.15, -0.1) is 0 Å². The van der Waals surface area contributed by atoms with Gasteiger partial charge in [-0.1, -0.05) is 6.07 Å². The Hall–Kier alpha value is -1.13. The highest BCUT2D eigenvalue weighted by Crippen LogP contribution is 2.18. The van der Waals surface area contributed by atoms with Crippen molar-refractivity contribution in [3.63, 3.8) is 0 Å². The lowest BCUT2D eigenvalue weighted by Gasteiger charge is -2.15. The highest BCUT2D eigenvalue weighted by molar-refractivity contribution is 5.15. The van der Waals surface area contributed by atoms with E-state index in [-0.39, 0.29) is 0 Å². The summed E-state index contributed by atoms with van der Waals surface area (Å²) in [6, 6.07) is 5.82. The van der Waals surface area contributed by atoms with Gasteiger partial charge < -0.3 is 9.84 Å². The van der Waals surface area contributed by atoms with Crippen molar-refractivity contribution >= 4 is 0 Å². The SMILES string of the molecule is COc1cccc(CN2CCC(CO)C2)n1. The van der Waals surface area contributed by atoms with E-state index in [1.165, 1.54) is 0 Å². The van der Waals surface area contributed by atoms with E-state index in [0.29, 0.717) is 18.4 Å². The summed E-state index contributed by atoms with van der Waals surface area (Å²) in [5, 5.41) is 9.07. The minimum Gasteiger partial charge on any atom is -0.481 e. The molecule has 0 aliphatic carbocycles. The summed E-state index contributed by atoms with van der Waals surface area (Å²) in [6.45, 7) is 3.15. The van der Waals surface area contributed by atoms with E-state index in [4.69, 9.17) is 9.84 Å². The van der Waals surface area contributed by atoms with Crippen molar-refractivity contribution in [2.24, 2.45) is 5.92 Å². The molecule has 0 spiro atoms. The number of aromatic nitrogens is 1. The van der Waals surface area contributed by atoms with Crippen molar-refractivity contribution in [3.05, 3.63) is 23.9 Å². The Balaban J connectivity index is 1.94. The van der Waals surface area contributed by atoms with Gasteiger partial charge in [0.05, 0.1) is 12.8 Å². The summed E-state index contributed by atoms with van der Waals surface area (Å²) in [6.07, 6.45) is 1.08. The maximum absolute atomic E-state index is 9.07. The van der Waals surface area contributed by atoms with Gasteiger partial charge >= 0.3 is 0 Å². The monoisotopic (exact) mass is 222 g/mol. The predicted octanol–water partition coefficient (Wildman–Crippen LogP) is 0.904. The molecule has 1 aromatic heterocycles. The Morgan fingerprint density at radius 2 is 2.44 bits per heavy atom. The Morgan fingerprint density at radius 3 is 3.12 bits per heavy atom. The molecule has 4 nitrogen and oxygen atoms in total. The van der Waals surface area contributed by atoms with E-state index in [1.54, 1.807) is 7.11 Å². The largest absolute Gasteiger partial charge is 0.481 e. The second kappa shape index (κ2) is 5.27. The zero-order valence-electron chi connectivity index (χ0n) is 9.59. The molecule has 0 bridgehead atoms. The van der Waals surface area contributed by atoms with Crippen LogP contribution >= 0.6 is 0 Å². The zero-order chi connectivity index (χ0) is 11.4. The van der Waals surface area contributed by atoms with E-state index in [2.05, 4.69) is 9.88 Å². The van der Waals surface area contributed by atoms with Crippen LogP contribution in [0.1, 0.15) is 12.1 Å². The third kappa shape index (κ3) is 2.71. The summed E-state index contributed by atoms with van der Waals surface area (Å²) in [5.41, 5.74) is 1.03. The van der Waals surface area contributed by atoms with Crippen LogP contribution in [0.25, 0.3) is 0 Å². The molecule has 1 N–H and O–H groups in total. The van der Waals surface area contributed by atoms with Crippen LogP contribution in [0.3, 0.4) is 0 Å². The summed E-state index contributed by atoms with van der Waals surface area (Å²) < 4.78 is 5.09. The Labute approximate surface area is 95.9 Å². The van der Waals surface area contributed by atoms with Crippen molar-refractivity contribution in [1.82, 2.24) is 9.88 Å². The van der Waals surface area contributed by atoms with E-state index in [9.17, 15) is 0 Å². The van der Waals surface area contributed by atoms with Gasteiger partial charge in [-0.3, -0.25) is 4.90 Å². The molecule has 0 radical (unpaired) electrons. The highest BCUT2D eigenvalue weighted by Gasteiger charge is 2.21. The molecule has 0 saturated carbocycles. The number of rotatable bonds is 4. The van der Waals surface area contributed by atoms with E-state index in [0.717, 1.165) is 31.7 Å². The molecule has 1 aliphatic rings. The number of nitrogens with zero attached hydrogens (tertiary/aromatic N) is 2. The summed E-state index contributed by atoms with van der Waals surface area (Å²) >= 11 is 0. The van der Waals surface area contributed by atoms with Gasteiger partial charge in [0.1, 0.15) is 0 Å². The summed E-state index contributed by atoms with van der Waals surface area (Å²) in [7, 11) is 1.63. The standard InChI is InChI=1S/C12H18N2O2/c1-16-12-4-2-3-11(13-12)8-14-6-5-10(7-14)9-15/h2-4,10,15H,5-9H2,1H3. The molecular weight excluding hydrogens is 204 g/mol. The van der Waals surface area contributed by atoms with E-state index < -0.39 is 0 Å². The first kappa shape index (κ1) is 11.4. The Kier molecular flexibility index (Phi) is 3.74. The van der Waals surface area contributed by atoms with Crippen molar-refractivity contribution in [2.45, 2.75) is 13.0 Å². The molecule has 88 valence electrons. The number of aliphatic hydroxyl groups excluding tert-OH is 1. The zero-order valence-corrected chi connectivity index (χ0v) is 9.59. The molecule has 16 heavy (non-hydrogen) atoms. The lowest BCUT2D eigenvalue weighted by atomic mass is 10.1. The average Bonchev–Trinajstić information content (AvgIpc) is 2.77. The fraction of sp³-hybridized carbons (Fsp3) is 0.583. The normalized spacial score (nSPS) is 21.2. The highest BCUT2D eigenvalue weighted by atomic mass is 16.5. The molecular formula is C12H18N2O2. The van der Waals surface area contributed by atoms with Crippen molar-refractivity contribution in [2.75, 3.05) is 26.8 Å². The molecule has 0 aromatic carbocycles. The quantitative estimate of drug-likeness (QED) is 0.822. The van der Waals surface area contributed by atoms with Gasteiger partial charge in [-0.2, -0.15) is 0 Å². The third-order valence-corrected chi connectivity index (χ3v) is 3.00. The van der Waals surface area contributed by atoms with Crippen LogP contribution in [0.5, 0.6) is 5.88 Å². The van der Waals surface area contributed by atoms with Gasteiger partial charge in [0, 0.05) is 25.8 Å². The maximum Gasteiger partial charge on any atom is 0.213 e. The topological polar surface area (TPSA) is 45.6 Å². The number of pyridine rings is 1. The predicted molar refractivity (Wildman–Crippen MR) is 61.3 cm³/mol. The average molecular weight is 222 g/mol. The first-order valence-corrected chi connectivity index (χ1v) is 5.65. The molecule has 1 atom stereocenters. The van der Waals surface area contributed by atoms with Gasteiger partial charge in [0.25, 0.3) is 0 Å². The van der Waals surface area contributed by atoms with Gasteiger partial charge in [-0.25, -0.2) is 4.98 Å². The molecule has 1 aliphatic heterocycles.